The van der Waals surface area contributed by atoms with Crippen LogP contribution in [0, 0.1) is 5.92 Å². The van der Waals surface area contributed by atoms with E-state index in [0.29, 0.717) is 19.6 Å². The van der Waals surface area contributed by atoms with Crippen LogP contribution < -0.4 is 5.73 Å². The minimum atomic E-state index is 0.217. The Labute approximate surface area is 91.8 Å². The molecule has 1 aliphatic heterocycles. The Hall–Kier alpha value is -0.610. The molecule has 0 saturated carbocycles. The monoisotopic (exact) mass is 214 g/mol. The Morgan fingerprint density at radius 3 is 3.00 bits per heavy atom. The summed E-state index contributed by atoms with van der Waals surface area (Å²) in [5.74, 6) is 0.495. The third kappa shape index (κ3) is 3.80. The molecular formula is C11H22N2O2. The molecule has 1 rings (SSSR count). The zero-order valence-corrected chi connectivity index (χ0v) is 9.74. The lowest BCUT2D eigenvalue weighted by atomic mass is 10.1. The molecule has 0 aliphatic carbocycles. The Bertz CT molecular complexity index is 209. The predicted octanol–water partition coefficient (Wildman–Crippen LogP) is 0.609. The van der Waals surface area contributed by atoms with Gasteiger partial charge in [0.05, 0.1) is 12.7 Å². The summed E-state index contributed by atoms with van der Waals surface area (Å²) in [6, 6.07) is 0. The van der Waals surface area contributed by atoms with Crippen molar-refractivity contribution in [3.63, 3.8) is 0 Å². The second kappa shape index (κ2) is 6.08. The fourth-order valence-corrected chi connectivity index (χ4v) is 1.70. The molecule has 2 atom stereocenters. The number of rotatable bonds is 4. The second-order valence-corrected chi connectivity index (χ2v) is 4.29. The molecule has 4 heteroatoms. The van der Waals surface area contributed by atoms with Crippen LogP contribution in [-0.2, 0) is 9.53 Å². The lowest BCUT2D eigenvalue weighted by molar-refractivity contribution is -0.139. The van der Waals surface area contributed by atoms with Crippen LogP contribution in [-0.4, -0.2) is 43.2 Å². The lowest BCUT2D eigenvalue weighted by Gasteiger charge is -2.33. The zero-order chi connectivity index (χ0) is 11.3. The Kier molecular flexibility index (Phi) is 5.05. The van der Waals surface area contributed by atoms with Crippen LogP contribution in [0.2, 0.25) is 0 Å². The number of amides is 1. The van der Waals surface area contributed by atoms with E-state index in [1.165, 1.54) is 0 Å². The Balaban J connectivity index is 2.38. The maximum atomic E-state index is 11.8. The van der Waals surface area contributed by atoms with E-state index in [4.69, 9.17) is 10.5 Å². The molecule has 1 aliphatic rings. The van der Waals surface area contributed by atoms with Gasteiger partial charge in [-0.15, -0.1) is 0 Å². The number of morpholine rings is 1. The minimum Gasteiger partial charge on any atom is -0.375 e. The summed E-state index contributed by atoms with van der Waals surface area (Å²) in [7, 11) is 0. The fourth-order valence-electron chi connectivity index (χ4n) is 1.70. The van der Waals surface area contributed by atoms with Crippen LogP contribution in [0.15, 0.2) is 0 Å². The van der Waals surface area contributed by atoms with E-state index in [-0.39, 0.29) is 17.9 Å². The molecule has 15 heavy (non-hydrogen) atoms. The number of nitrogens with two attached hydrogens (primary N) is 1. The van der Waals surface area contributed by atoms with Crippen LogP contribution in [0.3, 0.4) is 0 Å². The fraction of sp³-hybridized carbons (Fsp3) is 0.909. The average Bonchev–Trinajstić information content (AvgIpc) is 2.28. The second-order valence-electron chi connectivity index (χ2n) is 4.29. The van der Waals surface area contributed by atoms with Gasteiger partial charge < -0.3 is 15.4 Å². The van der Waals surface area contributed by atoms with Gasteiger partial charge in [0.1, 0.15) is 0 Å². The molecule has 4 nitrogen and oxygen atoms in total. The topological polar surface area (TPSA) is 55.6 Å². The van der Waals surface area contributed by atoms with Crippen molar-refractivity contribution in [2.45, 2.75) is 32.8 Å². The first-order valence-corrected chi connectivity index (χ1v) is 5.76. The first-order chi connectivity index (χ1) is 7.17. The molecule has 0 bridgehead atoms. The van der Waals surface area contributed by atoms with Crippen LogP contribution in [0.5, 0.6) is 0 Å². The van der Waals surface area contributed by atoms with Crippen molar-refractivity contribution in [2.75, 3.05) is 26.2 Å². The van der Waals surface area contributed by atoms with Crippen LogP contribution in [0.4, 0.5) is 0 Å². The van der Waals surface area contributed by atoms with Gasteiger partial charge >= 0.3 is 0 Å². The average molecular weight is 214 g/mol. The summed E-state index contributed by atoms with van der Waals surface area (Å²) in [5, 5.41) is 0. The van der Waals surface area contributed by atoms with Crippen molar-refractivity contribution >= 4 is 5.91 Å². The molecule has 88 valence electrons. The molecule has 1 heterocycles. The number of hydrogen-bond acceptors (Lipinski definition) is 3. The first kappa shape index (κ1) is 12.5. The quantitative estimate of drug-likeness (QED) is 0.746. The van der Waals surface area contributed by atoms with Crippen molar-refractivity contribution in [1.29, 1.82) is 0 Å². The van der Waals surface area contributed by atoms with Crippen molar-refractivity contribution in [3.05, 3.63) is 0 Å². The molecule has 2 unspecified atom stereocenters. The molecular weight excluding hydrogens is 192 g/mol. The Morgan fingerprint density at radius 1 is 1.67 bits per heavy atom. The zero-order valence-electron chi connectivity index (χ0n) is 9.74. The first-order valence-electron chi connectivity index (χ1n) is 5.76. The highest BCUT2D eigenvalue weighted by Crippen LogP contribution is 2.11. The predicted molar refractivity (Wildman–Crippen MR) is 59.4 cm³/mol. The molecule has 0 spiro atoms. The summed E-state index contributed by atoms with van der Waals surface area (Å²) >= 11 is 0. The van der Waals surface area contributed by atoms with Crippen molar-refractivity contribution in [2.24, 2.45) is 11.7 Å². The van der Waals surface area contributed by atoms with E-state index >= 15 is 0 Å². The van der Waals surface area contributed by atoms with Gasteiger partial charge in [-0.3, -0.25) is 4.79 Å². The number of hydrogen-bond donors (Lipinski definition) is 1. The number of ether oxygens (including phenoxy) is 1. The van der Waals surface area contributed by atoms with E-state index in [9.17, 15) is 4.79 Å². The molecule has 0 aromatic heterocycles. The van der Waals surface area contributed by atoms with Gasteiger partial charge in [-0.2, -0.15) is 0 Å². The molecule has 1 amide bonds. The summed E-state index contributed by atoms with van der Waals surface area (Å²) in [5.41, 5.74) is 5.51. The van der Waals surface area contributed by atoms with Crippen LogP contribution >= 0.6 is 0 Å². The SMILES string of the molecule is CCC1CN(C(=O)CC(C)CN)CCO1. The molecule has 0 radical (unpaired) electrons. The van der Waals surface area contributed by atoms with Crippen molar-refractivity contribution < 1.29 is 9.53 Å². The highest BCUT2D eigenvalue weighted by Gasteiger charge is 2.23. The minimum absolute atomic E-state index is 0.217. The highest BCUT2D eigenvalue weighted by molar-refractivity contribution is 5.76. The summed E-state index contributed by atoms with van der Waals surface area (Å²) in [4.78, 5) is 13.8. The van der Waals surface area contributed by atoms with Gasteiger partial charge in [-0.25, -0.2) is 0 Å². The van der Waals surface area contributed by atoms with E-state index in [0.717, 1.165) is 19.5 Å². The maximum Gasteiger partial charge on any atom is 0.223 e. The van der Waals surface area contributed by atoms with E-state index in [2.05, 4.69) is 6.92 Å². The molecule has 0 aromatic rings. The van der Waals surface area contributed by atoms with Gasteiger partial charge in [-0.05, 0) is 18.9 Å². The van der Waals surface area contributed by atoms with Crippen LogP contribution in [0.1, 0.15) is 26.7 Å². The number of nitrogens with zero attached hydrogens (tertiary/aromatic N) is 1. The van der Waals surface area contributed by atoms with Crippen molar-refractivity contribution in [3.8, 4) is 0 Å². The molecule has 1 saturated heterocycles. The lowest BCUT2D eigenvalue weighted by Crippen LogP contribution is -2.46. The molecule has 2 N–H and O–H groups in total. The van der Waals surface area contributed by atoms with Gasteiger partial charge in [0.25, 0.3) is 0 Å². The third-order valence-electron chi connectivity index (χ3n) is 2.87. The van der Waals surface area contributed by atoms with E-state index < -0.39 is 0 Å². The largest absolute Gasteiger partial charge is 0.375 e. The van der Waals surface area contributed by atoms with E-state index in [1.807, 2.05) is 11.8 Å². The summed E-state index contributed by atoms with van der Waals surface area (Å²) in [6.07, 6.45) is 1.75. The molecule has 0 aromatic carbocycles. The number of carbonyl (C=O) groups excluding carboxylic acids is 1. The normalized spacial score (nSPS) is 23.9. The van der Waals surface area contributed by atoms with Crippen molar-refractivity contribution in [1.82, 2.24) is 4.90 Å². The van der Waals surface area contributed by atoms with Gasteiger partial charge in [0.2, 0.25) is 5.91 Å². The summed E-state index contributed by atoms with van der Waals surface area (Å²) < 4.78 is 5.52. The molecule has 1 fully saturated rings. The summed E-state index contributed by atoms with van der Waals surface area (Å²) in [6.45, 7) is 6.81. The smallest absolute Gasteiger partial charge is 0.223 e. The Morgan fingerprint density at radius 2 is 2.40 bits per heavy atom. The van der Waals surface area contributed by atoms with Gasteiger partial charge in [-0.1, -0.05) is 13.8 Å². The van der Waals surface area contributed by atoms with E-state index in [1.54, 1.807) is 0 Å². The number of carbonyl (C=O) groups is 1. The van der Waals surface area contributed by atoms with Crippen LogP contribution in [0.25, 0.3) is 0 Å². The third-order valence-corrected chi connectivity index (χ3v) is 2.87. The standard InChI is InChI=1S/C11H22N2O2/c1-3-10-8-13(4-5-15-10)11(14)6-9(2)7-12/h9-10H,3-8,12H2,1-2H3. The maximum absolute atomic E-state index is 11.8. The van der Waals surface area contributed by atoms with Gasteiger partial charge in [0.15, 0.2) is 0 Å². The van der Waals surface area contributed by atoms with Gasteiger partial charge in [0, 0.05) is 19.5 Å². The highest BCUT2D eigenvalue weighted by atomic mass is 16.5.